The van der Waals surface area contributed by atoms with Crippen molar-refractivity contribution in [2.45, 2.75) is 31.7 Å². The van der Waals surface area contributed by atoms with Crippen LogP contribution in [0.1, 0.15) is 25.7 Å². The summed E-state index contributed by atoms with van der Waals surface area (Å²) in [6, 6.07) is 6.38. The van der Waals surface area contributed by atoms with Crippen LogP contribution < -0.4 is 11.1 Å². The molecule has 4 nitrogen and oxygen atoms in total. The molecule has 0 aliphatic heterocycles. The highest BCUT2D eigenvalue weighted by Crippen LogP contribution is 2.28. The lowest BCUT2D eigenvalue weighted by Gasteiger charge is -2.25. The summed E-state index contributed by atoms with van der Waals surface area (Å²) in [4.78, 5) is 16.6. The van der Waals surface area contributed by atoms with E-state index in [0.29, 0.717) is 16.4 Å². The maximum atomic E-state index is 13.2. The number of thiazole rings is 1. The van der Waals surface area contributed by atoms with Gasteiger partial charge in [-0.1, -0.05) is 18.6 Å². The Morgan fingerprint density at radius 2 is 2.27 bits per heavy atom. The van der Waals surface area contributed by atoms with Crippen LogP contribution >= 0.6 is 11.3 Å². The van der Waals surface area contributed by atoms with Crippen LogP contribution in [0.3, 0.4) is 0 Å². The topological polar surface area (TPSA) is 68.0 Å². The summed E-state index contributed by atoms with van der Waals surface area (Å²) in [6.07, 6.45) is 3.59. The first kappa shape index (κ1) is 15.1. The number of hydrogen-bond donors (Lipinski definition) is 2. The Hall–Kier alpha value is -1.79. The lowest BCUT2D eigenvalue weighted by Crippen LogP contribution is -2.34. The largest absolute Gasteiger partial charge is 0.328 e. The van der Waals surface area contributed by atoms with Gasteiger partial charge in [0.2, 0.25) is 5.91 Å². The van der Waals surface area contributed by atoms with Crippen molar-refractivity contribution in [3.63, 3.8) is 0 Å². The zero-order valence-electron chi connectivity index (χ0n) is 12.1. The van der Waals surface area contributed by atoms with E-state index in [1.807, 2.05) is 5.38 Å². The number of amides is 1. The number of carbonyl (C=O) groups is 1. The monoisotopic (exact) mass is 319 g/mol. The normalized spacial score (nSPS) is 21.5. The van der Waals surface area contributed by atoms with Crippen molar-refractivity contribution in [1.82, 2.24) is 4.98 Å². The minimum atomic E-state index is -0.299. The number of anilines is 1. The number of benzene rings is 1. The lowest BCUT2D eigenvalue weighted by molar-refractivity contribution is -0.120. The number of nitrogens with two attached hydrogens (primary N) is 1. The SMILES string of the molecule is NC1CCCC(C(=O)Nc2nc(-c3cccc(F)c3)cs2)C1. The average molecular weight is 319 g/mol. The quantitative estimate of drug-likeness (QED) is 0.911. The van der Waals surface area contributed by atoms with Crippen LogP contribution in [0.2, 0.25) is 0 Å². The molecule has 2 unspecified atom stereocenters. The van der Waals surface area contributed by atoms with Crippen LogP contribution in [0.15, 0.2) is 29.6 Å². The van der Waals surface area contributed by atoms with Gasteiger partial charge in [0, 0.05) is 22.9 Å². The predicted octanol–water partition coefficient (Wildman–Crippen LogP) is 3.41. The standard InChI is InChI=1S/C16H18FN3OS/c17-12-5-1-3-10(7-12)14-9-22-16(19-14)20-15(21)11-4-2-6-13(18)8-11/h1,3,5,7,9,11,13H,2,4,6,8,18H2,(H,19,20,21). The van der Waals surface area contributed by atoms with Gasteiger partial charge in [-0.3, -0.25) is 4.79 Å². The Labute approximate surface area is 132 Å². The molecular weight excluding hydrogens is 301 g/mol. The molecule has 3 rings (SSSR count). The Morgan fingerprint density at radius 1 is 1.41 bits per heavy atom. The third-order valence-corrected chi connectivity index (χ3v) is 4.70. The average Bonchev–Trinajstić information content (AvgIpc) is 2.96. The molecule has 1 aromatic carbocycles. The molecular formula is C16H18FN3OS. The van der Waals surface area contributed by atoms with Crippen LogP contribution in [-0.2, 0) is 4.79 Å². The van der Waals surface area contributed by atoms with E-state index in [1.54, 1.807) is 12.1 Å². The van der Waals surface area contributed by atoms with Crippen molar-refractivity contribution in [2.75, 3.05) is 5.32 Å². The maximum Gasteiger partial charge on any atom is 0.229 e. The first-order valence-corrected chi connectivity index (χ1v) is 8.27. The molecule has 1 heterocycles. The molecule has 116 valence electrons. The molecule has 0 radical (unpaired) electrons. The van der Waals surface area contributed by atoms with Gasteiger partial charge < -0.3 is 11.1 Å². The molecule has 1 fully saturated rings. The van der Waals surface area contributed by atoms with Crippen LogP contribution in [0.4, 0.5) is 9.52 Å². The number of carbonyl (C=O) groups excluding carboxylic acids is 1. The highest BCUT2D eigenvalue weighted by molar-refractivity contribution is 7.14. The number of rotatable bonds is 3. The zero-order valence-corrected chi connectivity index (χ0v) is 12.9. The maximum absolute atomic E-state index is 13.2. The second-order valence-electron chi connectivity index (χ2n) is 5.66. The Morgan fingerprint density at radius 3 is 3.05 bits per heavy atom. The van der Waals surface area contributed by atoms with E-state index in [-0.39, 0.29) is 23.7 Å². The number of aromatic nitrogens is 1. The van der Waals surface area contributed by atoms with E-state index in [9.17, 15) is 9.18 Å². The first-order valence-electron chi connectivity index (χ1n) is 7.40. The van der Waals surface area contributed by atoms with E-state index in [1.165, 1.54) is 23.5 Å². The second kappa shape index (κ2) is 6.54. The zero-order chi connectivity index (χ0) is 15.5. The van der Waals surface area contributed by atoms with E-state index < -0.39 is 0 Å². The Bertz CT molecular complexity index is 673. The summed E-state index contributed by atoms with van der Waals surface area (Å²) in [7, 11) is 0. The summed E-state index contributed by atoms with van der Waals surface area (Å²) in [5, 5.41) is 5.22. The lowest BCUT2D eigenvalue weighted by atomic mass is 9.86. The number of nitrogens with zero attached hydrogens (tertiary/aromatic N) is 1. The Kier molecular flexibility index (Phi) is 4.49. The van der Waals surface area contributed by atoms with Gasteiger partial charge in [0.05, 0.1) is 5.69 Å². The molecule has 22 heavy (non-hydrogen) atoms. The van der Waals surface area contributed by atoms with Gasteiger partial charge in [0.25, 0.3) is 0 Å². The predicted molar refractivity (Wildman–Crippen MR) is 86.1 cm³/mol. The molecule has 6 heteroatoms. The summed E-state index contributed by atoms with van der Waals surface area (Å²) in [6.45, 7) is 0. The first-order chi connectivity index (χ1) is 10.6. The third-order valence-electron chi connectivity index (χ3n) is 3.94. The van der Waals surface area contributed by atoms with E-state index >= 15 is 0 Å². The number of hydrogen-bond acceptors (Lipinski definition) is 4. The van der Waals surface area contributed by atoms with Crippen LogP contribution in [0, 0.1) is 11.7 Å². The van der Waals surface area contributed by atoms with E-state index in [0.717, 1.165) is 25.7 Å². The summed E-state index contributed by atoms with van der Waals surface area (Å²) in [5.74, 6) is -0.354. The minimum absolute atomic E-state index is 0.0182. The minimum Gasteiger partial charge on any atom is -0.328 e. The molecule has 3 N–H and O–H groups in total. The van der Waals surface area contributed by atoms with Gasteiger partial charge in [-0.25, -0.2) is 9.37 Å². The van der Waals surface area contributed by atoms with Crippen LogP contribution in [0.25, 0.3) is 11.3 Å². The molecule has 0 saturated heterocycles. The van der Waals surface area contributed by atoms with Gasteiger partial charge in [0.15, 0.2) is 5.13 Å². The fraction of sp³-hybridized carbons (Fsp3) is 0.375. The van der Waals surface area contributed by atoms with Gasteiger partial charge in [-0.2, -0.15) is 0 Å². The van der Waals surface area contributed by atoms with Crippen molar-refractivity contribution in [1.29, 1.82) is 0 Å². The summed E-state index contributed by atoms with van der Waals surface area (Å²) >= 11 is 1.35. The highest BCUT2D eigenvalue weighted by Gasteiger charge is 2.25. The van der Waals surface area contributed by atoms with E-state index in [2.05, 4.69) is 10.3 Å². The third kappa shape index (κ3) is 3.51. The van der Waals surface area contributed by atoms with Crippen molar-refractivity contribution in [3.8, 4) is 11.3 Å². The fourth-order valence-corrected chi connectivity index (χ4v) is 3.51. The van der Waals surface area contributed by atoms with Gasteiger partial charge in [0.1, 0.15) is 5.82 Å². The Balaban J connectivity index is 1.68. The summed E-state index contributed by atoms with van der Waals surface area (Å²) < 4.78 is 13.2. The van der Waals surface area contributed by atoms with Crippen molar-refractivity contribution in [2.24, 2.45) is 11.7 Å². The second-order valence-corrected chi connectivity index (χ2v) is 6.52. The number of halogens is 1. The molecule has 1 saturated carbocycles. The molecule has 2 atom stereocenters. The summed E-state index contributed by atoms with van der Waals surface area (Å²) in [5.41, 5.74) is 7.29. The van der Waals surface area contributed by atoms with Crippen molar-refractivity contribution in [3.05, 3.63) is 35.5 Å². The smallest absolute Gasteiger partial charge is 0.229 e. The van der Waals surface area contributed by atoms with Crippen molar-refractivity contribution >= 4 is 22.4 Å². The van der Waals surface area contributed by atoms with E-state index in [4.69, 9.17) is 5.73 Å². The highest BCUT2D eigenvalue weighted by atomic mass is 32.1. The molecule has 1 aliphatic carbocycles. The van der Waals surface area contributed by atoms with Crippen molar-refractivity contribution < 1.29 is 9.18 Å². The molecule has 0 spiro atoms. The molecule has 0 bridgehead atoms. The molecule has 1 amide bonds. The molecule has 2 aromatic rings. The van der Waals surface area contributed by atoms with Gasteiger partial charge in [-0.05, 0) is 31.4 Å². The molecule has 1 aromatic heterocycles. The van der Waals surface area contributed by atoms with Crippen LogP contribution in [-0.4, -0.2) is 16.9 Å². The molecule has 1 aliphatic rings. The van der Waals surface area contributed by atoms with Gasteiger partial charge >= 0.3 is 0 Å². The fourth-order valence-electron chi connectivity index (χ4n) is 2.78. The van der Waals surface area contributed by atoms with Crippen LogP contribution in [0.5, 0.6) is 0 Å². The number of nitrogens with one attached hydrogen (secondary N) is 1. The van der Waals surface area contributed by atoms with Gasteiger partial charge in [-0.15, -0.1) is 11.3 Å².